The van der Waals surface area contributed by atoms with Gasteiger partial charge in [0.15, 0.2) is 0 Å². The maximum atomic E-state index is 12.3. The average Bonchev–Trinajstić information content (AvgIpc) is 2.80. The van der Waals surface area contributed by atoms with E-state index in [2.05, 4.69) is 10.6 Å². The molecule has 6 N–H and O–H groups in total. The van der Waals surface area contributed by atoms with Crippen LogP contribution in [0.15, 0.2) is 24.3 Å². The van der Waals surface area contributed by atoms with E-state index in [0.717, 1.165) is 31.2 Å². The third-order valence-corrected chi connectivity index (χ3v) is 5.74. The van der Waals surface area contributed by atoms with Crippen molar-refractivity contribution < 1.29 is 29.3 Å². The van der Waals surface area contributed by atoms with Crippen LogP contribution in [-0.4, -0.2) is 59.3 Å². The molecule has 0 aliphatic carbocycles. The van der Waals surface area contributed by atoms with E-state index in [-0.39, 0.29) is 24.7 Å². The molecular weight excluding hydrogens is 450 g/mol. The minimum Gasteiger partial charge on any atom is -0.494 e. The number of hydrogen-bond donors (Lipinski definition) is 5. The molecule has 0 saturated carbocycles. The second-order valence-electron chi connectivity index (χ2n) is 9.16. The standard InChI is InChI=1S/C26H43N3O6/c1-4-5-13-28-25(33)18(2)15-23(30)22(29-26(34)19(3)27)17-20-10-9-11-21(16-20)35-14-8-6-7-12-24(31)32/h9-11,16,18-19,22-23,30H,4-8,12-15,17,27H2,1-3H3,(H,28,33)(H,29,34)(H,31,32)/t18-,19+,22+,23-/m1/s1. The molecule has 0 aliphatic rings. The Labute approximate surface area is 208 Å². The van der Waals surface area contributed by atoms with Gasteiger partial charge in [-0.2, -0.15) is 0 Å². The van der Waals surface area contributed by atoms with Crippen molar-refractivity contribution in [1.82, 2.24) is 10.6 Å². The minimum absolute atomic E-state index is 0.117. The predicted molar refractivity (Wildman–Crippen MR) is 135 cm³/mol. The monoisotopic (exact) mass is 493 g/mol. The van der Waals surface area contributed by atoms with Crippen LogP contribution in [0, 0.1) is 5.92 Å². The molecule has 198 valence electrons. The number of amides is 2. The van der Waals surface area contributed by atoms with Gasteiger partial charge in [0.2, 0.25) is 11.8 Å². The predicted octanol–water partition coefficient (Wildman–Crippen LogP) is 2.39. The van der Waals surface area contributed by atoms with E-state index in [0.29, 0.717) is 31.7 Å². The number of aliphatic hydroxyl groups is 1. The van der Waals surface area contributed by atoms with Crippen molar-refractivity contribution in [2.75, 3.05) is 13.2 Å². The Kier molecular flexibility index (Phi) is 14.7. The van der Waals surface area contributed by atoms with Crippen molar-refractivity contribution in [3.63, 3.8) is 0 Å². The third kappa shape index (κ3) is 13.1. The lowest BCUT2D eigenvalue weighted by atomic mass is 9.93. The molecule has 0 fully saturated rings. The lowest BCUT2D eigenvalue weighted by molar-refractivity contribution is -0.137. The number of rotatable bonds is 18. The number of unbranched alkanes of at least 4 members (excludes halogenated alkanes) is 3. The van der Waals surface area contributed by atoms with E-state index in [1.54, 1.807) is 13.8 Å². The Morgan fingerprint density at radius 3 is 2.49 bits per heavy atom. The van der Waals surface area contributed by atoms with E-state index >= 15 is 0 Å². The molecule has 0 radical (unpaired) electrons. The van der Waals surface area contributed by atoms with E-state index in [1.807, 2.05) is 31.2 Å². The van der Waals surface area contributed by atoms with Crippen molar-refractivity contribution in [2.45, 2.75) is 90.3 Å². The maximum Gasteiger partial charge on any atom is 0.303 e. The van der Waals surface area contributed by atoms with Gasteiger partial charge < -0.3 is 31.3 Å². The van der Waals surface area contributed by atoms with E-state index in [4.69, 9.17) is 15.6 Å². The Hall–Kier alpha value is -2.65. The summed E-state index contributed by atoms with van der Waals surface area (Å²) in [7, 11) is 0. The number of nitrogens with one attached hydrogen (secondary N) is 2. The topological polar surface area (TPSA) is 151 Å². The van der Waals surface area contributed by atoms with Crippen LogP contribution >= 0.6 is 0 Å². The third-order valence-electron chi connectivity index (χ3n) is 5.74. The summed E-state index contributed by atoms with van der Waals surface area (Å²) in [6.45, 7) is 6.47. The normalized spacial score (nSPS) is 14.4. The lowest BCUT2D eigenvalue weighted by Crippen LogP contribution is -2.50. The molecule has 9 nitrogen and oxygen atoms in total. The summed E-state index contributed by atoms with van der Waals surface area (Å²) in [5.41, 5.74) is 6.58. The highest BCUT2D eigenvalue weighted by atomic mass is 16.5. The lowest BCUT2D eigenvalue weighted by Gasteiger charge is -2.27. The van der Waals surface area contributed by atoms with Crippen LogP contribution in [0.25, 0.3) is 0 Å². The Bertz CT molecular complexity index is 786. The number of nitrogens with two attached hydrogens (primary N) is 1. The van der Waals surface area contributed by atoms with Crippen LogP contribution < -0.4 is 21.1 Å². The number of carbonyl (C=O) groups excluding carboxylic acids is 2. The first-order chi connectivity index (χ1) is 16.6. The van der Waals surface area contributed by atoms with Gasteiger partial charge in [-0.25, -0.2) is 0 Å². The van der Waals surface area contributed by atoms with Gasteiger partial charge in [-0.05, 0) is 63.1 Å². The van der Waals surface area contributed by atoms with Gasteiger partial charge in [0.05, 0.1) is 24.8 Å². The molecule has 4 atom stereocenters. The zero-order chi connectivity index (χ0) is 26.2. The Morgan fingerprint density at radius 1 is 1.09 bits per heavy atom. The molecule has 0 bridgehead atoms. The van der Waals surface area contributed by atoms with Crippen LogP contribution in [0.4, 0.5) is 0 Å². The fourth-order valence-electron chi connectivity index (χ4n) is 3.55. The molecule has 0 heterocycles. The number of carboxylic acid groups (broad SMARTS) is 1. The van der Waals surface area contributed by atoms with Gasteiger partial charge in [0, 0.05) is 18.9 Å². The Balaban J connectivity index is 2.74. The number of hydrogen-bond acceptors (Lipinski definition) is 6. The highest BCUT2D eigenvalue weighted by molar-refractivity contribution is 5.81. The molecule has 0 saturated heterocycles. The highest BCUT2D eigenvalue weighted by Crippen LogP contribution is 2.19. The first-order valence-electron chi connectivity index (χ1n) is 12.6. The number of benzene rings is 1. The van der Waals surface area contributed by atoms with E-state index in [1.165, 1.54) is 0 Å². The number of aliphatic hydroxyl groups excluding tert-OH is 1. The molecule has 2 amide bonds. The van der Waals surface area contributed by atoms with Crippen LogP contribution in [0.3, 0.4) is 0 Å². The van der Waals surface area contributed by atoms with Crippen LogP contribution in [-0.2, 0) is 20.8 Å². The quantitative estimate of drug-likeness (QED) is 0.197. The average molecular weight is 494 g/mol. The molecule has 1 aromatic rings. The second kappa shape index (κ2) is 16.9. The molecule has 0 aromatic heterocycles. The largest absolute Gasteiger partial charge is 0.494 e. The van der Waals surface area contributed by atoms with Gasteiger partial charge >= 0.3 is 5.97 Å². The van der Waals surface area contributed by atoms with Gasteiger partial charge in [0.1, 0.15) is 5.75 Å². The number of carbonyl (C=O) groups is 3. The van der Waals surface area contributed by atoms with Crippen molar-refractivity contribution in [3.05, 3.63) is 29.8 Å². The zero-order valence-electron chi connectivity index (χ0n) is 21.3. The fraction of sp³-hybridized carbons (Fsp3) is 0.654. The molecular formula is C26H43N3O6. The summed E-state index contributed by atoms with van der Waals surface area (Å²) in [6.07, 6.45) is 3.79. The van der Waals surface area contributed by atoms with Gasteiger partial charge in [0.25, 0.3) is 0 Å². The number of carboxylic acids is 1. The Morgan fingerprint density at radius 2 is 1.83 bits per heavy atom. The van der Waals surface area contributed by atoms with Crippen molar-refractivity contribution in [2.24, 2.45) is 11.7 Å². The summed E-state index contributed by atoms with van der Waals surface area (Å²) in [6, 6.07) is 6.07. The maximum absolute atomic E-state index is 12.3. The SMILES string of the molecule is CCCCNC(=O)[C@H](C)C[C@@H](O)[C@H](Cc1cccc(OCCCCCC(=O)O)c1)NC(=O)[C@H](C)N. The molecule has 1 rings (SSSR count). The first kappa shape index (κ1) is 30.4. The first-order valence-corrected chi connectivity index (χ1v) is 12.6. The highest BCUT2D eigenvalue weighted by Gasteiger charge is 2.27. The van der Waals surface area contributed by atoms with Crippen LogP contribution in [0.1, 0.15) is 71.3 Å². The minimum atomic E-state index is -0.941. The second-order valence-corrected chi connectivity index (χ2v) is 9.16. The van der Waals surface area contributed by atoms with Gasteiger partial charge in [-0.3, -0.25) is 14.4 Å². The van der Waals surface area contributed by atoms with Gasteiger partial charge in [-0.15, -0.1) is 0 Å². The molecule has 0 aliphatic heterocycles. The van der Waals surface area contributed by atoms with E-state index < -0.39 is 30.1 Å². The van der Waals surface area contributed by atoms with Crippen molar-refractivity contribution >= 4 is 17.8 Å². The fourth-order valence-corrected chi connectivity index (χ4v) is 3.55. The van der Waals surface area contributed by atoms with Crippen molar-refractivity contribution in [1.29, 1.82) is 0 Å². The summed E-state index contributed by atoms with van der Waals surface area (Å²) in [5.74, 6) is -1.03. The molecule has 1 aromatic carbocycles. The van der Waals surface area contributed by atoms with Crippen LogP contribution in [0.2, 0.25) is 0 Å². The molecule has 0 spiro atoms. The summed E-state index contributed by atoms with van der Waals surface area (Å²) in [5, 5.41) is 25.3. The van der Waals surface area contributed by atoms with Gasteiger partial charge in [-0.1, -0.05) is 32.4 Å². The molecule has 9 heteroatoms. The molecule has 0 unspecified atom stereocenters. The molecule has 35 heavy (non-hydrogen) atoms. The number of aliphatic carboxylic acids is 1. The number of ether oxygens (including phenoxy) is 1. The smallest absolute Gasteiger partial charge is 0.303 e. The summed E-state index contributed by atoms with van der Waals surface area (Å²) < 4.78 is 5.79. The summed E-state index contributed by atoms with van der Waals surface area (Å²) in [4.78, 5) is 35.2. The van der Waals surface area contributed by atoms with Crippen molar-refractivity contribution in [3.8, 4) is 5.75 Å². The van der Waals surface area contributed by atoms with E-state index in [9.17, 15) is 19.5 Å². The summed E-state index contributed by atoms with van der Waals surface area (Å²) >= 11 is 0. The zero-order valence-corrected chi connectivity index (χ0v) is 21.3. The van der Waals surface area contributed by atoms with Crippen LogP contribution in [0.5, 0.6) is 5.75 Å².